The maximum Gasteiger partial charge on any atom is 0.0972 e. The summed E-state index contributed by atoms with van der Waals surface area (Å²) in [5.41, 5.74) is 6.84. The average molecular weight is 239 g/mol. The smallest absolute Gasteiger partial charge is 0.0972 e. The van der Waals surface area contributed by atoms with E-state index in [1.54, 1.807) is 0 Å². The highest BCUT2D eigenvalue weighted by Crippen LogP contribution is 2.30. The highest BCUT2D eigenvalue weighted by Gasteiger charge is 2.25. The van der Waals surface area contributed by atoms with Crippen molar-refractivity contribution in [2.45, 2.75) is 32.1 Å². The van der Waals surface area contributed by atoms with Crippen molar-refractivity contribution in [2.75, 3.05) is 26.2 Å². The monoisotopic (exact) mass is 239 g/mol. The quantitative estimate of drug-likeness (QED) is 0.874. The molecule has 0 spiro atoms. The number of hydrogen-bond acceptors (Lipinski definition) is 4. The Morgan fingerprint density at radius 2 is 2.50 bits per heavy atom. The largest absolute Gasteiger partial charge is 0.330 e. The zero-order valence-electron chi connectivity index (χ0n) is 10.1. The van der Waals surface area contributed by atoms with Crippen LogP contribution in [-0.2, 0) is 0 Å². The van der Waals surface area contributed by atoms with Crippen LogP contribution in [0.3, 0.4) is 0 Å². The first-order chi connectivity index (χ1) is 7.74. The molecule has 1 aliphatic rings. The Morgan fingerprint density at radius 1 is 1.69 bits per heavy atom. The second-order valence-corrected chi connectivity index (χ2v) is 5.52. The summed E-state index contributed by atoms with van der Waals surface area (Å²) in [5, 5.41) is 3.49. The number of nitrogens with two attached hydrogens (primary N) is 1. The van der Waals surface area contributed by atoms with Gasteiger partial charge in [0, 0.05) is 30.3 Å². The van der Waals surface area contributed by atoms with Gasteiger partial charge in [-0.25, -0.2) is 4.98 Å². The van der Waals surface area contributed by atoms with Crippen molar-refractivity contribution in [2.24, 2.45) is 5.73 Å². The van der Waals surface area contributed by atoms with Crippen LogP contribution in [0.15, 0.2) is 5.38 Å². The summed E-state index contributed by atoms with van der Waals surface area (Å²) in [4.78, 5) is 7.24. The van der Waals surface area contributed by atoms with E-state index in [4.69, 9.17) is 10.7 Å². The van der Waals surface area contributed by atoms with Crippen LogP contribution in [0, 0.1) is 0 Å². The van der Waals surface area contributed by atoms with Crippen LogP contribution in [0.4, 0.5) is 0 Å². The molecule has 2 unspecified atom stereocenters. The van der Waals surface area contributed by atoms with Crippen LogP contribution in [0.2, 0.25) is 0 Å². The summed E-state index contributed by atoms with van der Waals surface area (Å²) in [6, 6.07) is 0. The minimum Gasteiger partial charge on any atom is -0.330 e. The SMILES string of the molecule is CCN1CCC(c2nc(C(C)CN)cs2)C1. The van der Waals surface area contributed by atoms with Gasteiger partial charge in [-0.15, -0.1) is 11.3 Å². The van der Waals surface area contributed by atoms with Crippen molar-refractivity contribution in [3.63, 3.8) is 0 Å². The first-order valence-corrected chi connectivity index (χ1v) is 7.00. The molecule has 2 heterocycles. The Hall–Kier alpha value is -0.450. The topological polar surface area (TPSA) is 42.2 Å². The summed E-state index contributed by atoms with van der Waals surface area (Å²) in [7, 11) is 0. The molecule has 0 saturated carbocycles. The van der Waals surface area contributed by atoms with Gasteiger partial charge in [-0.3, -0.25) is 0 Å². The Kier molecular flexibility index (Phi) is 3.95. The predicted molar refractivity (Wildman–Crippen MR) is 69.1 cm³/mol. The van der Waals surface area contributed by atoms with E-state index >= 15 is 0 Å². The molecule has 0 aromatic carbocycles. The first-order valence-electron chi connectivity index (χ1n) is 6.12. The summed E-state index contributed by atoms with van der Waals surface area (Å²) in [5.74, 6) is 1.05. The number of likely N-dealkylation sites (N-methyl/N-ethyl adjacent to an activating group) is 1. The van der Waals surface area contributed by atoms with E-state index in [1.165, 1.54) is 30.2 Å². The van der Waals surface area contributed by atoms with Crippen LogP contribution in [0.1, 0.15) is 42.8 Å². The average Bonchev–Trinajstić information content (AvgIpc) is 2.95. The molecule has 1 aromatic heterocycles. The molecule has 2 N–H and O–H groups in total. The van der Waals surface area contributed by atoms with Gasteiger partial charge >= 0.3 is 0 Å². The predicted octanol–water partition coefficient (Wildman–Crippen LogP) is 2.01. The number of rotatable bonds is 4. The fraction of sp³-hybridized carbons (Fsp3) is 0.750. The van der Waals surface area contributed by atoms with Crippen LogP contribution in [0.25, 0.3) is 0 Å². The van der Waals surface area contributed by atoms with Gasteiger partial charge in [0.1, 0.15) is 0 Å². The Balaban J connectivity index is 2.02. The lowest BCUT2D eigenvalue weighted by Gasteiger charge is -2.11. The molecule has 0 aliphatic carbocycles. The van der Waals surface area contributed by atoms with Gasteiger partial charge in [0.05, 0.1) is 10.7 Å². The van der Waals surface area contributed by atoms with E-state index in [0.717, 1.165) is 6.54 Å². The second kappa shape index (κ2) is 5.25. The Morgan fingerprint density at radius 3 is 3.12 bits per heavy atom. The summed E-state index contributed by atoms with van der Waals surface area (Å²) < 4.78 is 0. The lowest BCUT2D eigenvalue weighted by molar-refractivity contribution is 0.354. The molecule has 0 bridgehead atoms. The van der Waals surface area contributed by atoms with Gasteiger partial charge in [0.15, 0.2) is 0 Å². The van der Waals surface area contributed by atoms with Crippen molar-refractivity contribution >= 4 is 11.3 Å². The molecule has 16 heavy (non-hydrogen) atoms. The van der Waals surface area contributed by atoms with Gasteiger partial charge < -0.3 is 10.6 Å². The van der Waals surface area contributed by atoms with Gasteiger partial charge in [-0.2, -0.15) is 0 Å². The van der Waals surface area contributed by atoms with Gasteiger partial charge in [-0.1, -0.05) is 13.8 Å². The normalized spacial score (nSPS) is 23.8. The maximum absolute atomic E-state index is 5.67. The van der Waals surface area contributed by atoms with Crippen LogP contribution < -0.4 is 5.73 Å². The van der Waals surface area contributed by atoms with E-state index in [9.17, 15) is 0 Å². The van der Waals surface area contributed by atoms with Crippen molar-refractivity contribution in [1.82, 2.24) is 9.88 Å². The molecule has 1 fully saturated rings. The molecule has 4 heteroatoms. The third-order valence-corrected chi connectivity index (χ3v) is 4.49. The molecule has 90 valence electrons. The second-order valence-electron chi connectivity index (χ2n) is 4.63. The molecule has 0 amide bonds. The van der Waals surface area contributed by atoms with Crippen LogP contribution in [-0.4, -0.2) is 36.1 Å². The van der Waals surface area contributed by atoms with Crippen molar-refractivity contribution in [3.05, 3.63) is 16.1 Å². The molecular formula is C12H21N3S. The molecule has 1 saturated heterocycles. The zero-order valence-corrected chi connectivity index (χ0v) is 11.0. The molecular weight excluding hydrogens is 218 g/mol. The first kappa shape index (κ1) is 12.0. The number of likely N-dealkylation sites (tertiary alicyclic amines) is 1. The lowest BCUT2D eigenvalue weighted by Crippen LogP contribution is -2.19. The maximum atomic E-state index is 5.67. The number of hydrogen-bond donors (Lipinski definition) is 1. The highest BCUT2D eigenvalue weighted by molar-refractivity contribution is 7.09. The van der Waals surface area contributed by atoms with E-state index in [0.29, 0.717) is 18.4 Å². The summed E-state index contributed by atoms with van der Waals surface area (Å²) in [6.45, 7) is 8.63. The van der Waals surface area contributed by atoms with E-state index in [1.807, 2.05) is 11.3 Å². The third kappa shape index (κ3) is 2.44. The van der Waals surface area contributed by atoms with Crippen molar-refractivity contribution in [3.8, 4) is 0 Å². The molecule has 2 rings (SSSR count). The molecule has 1 aliphatic heterocycles. The van der Waals surface area contributed by atoms with E-state index in [2.05, 4.69) is 24.1 Å². The summed E-state index contributed by atoms with van der Waals surface area (Å²) in [6.07, 6.45) is 1.26. The molecule has 2 atom stereocenters. The summed E-state index contributed by atoms with van der Waals surface area (Å²) >= 11 is 1.81. The molecule has 1 aromatic rings. The fourth-order valence-corrected chi connectivity index (χ4v) is 3.23. The van der Waals surface area contributed by atoms with E-state index < -0.39 is 0 Å². The van der Waals surface area contributed by atoms with Crippen molar-refractivity contribution < 1.29 is 0 Å². The Labute approximate surface area is 102 Å². The molecule has 3 nitrogen and oxygen atoms in total. The lowest BCUT2D eigenvalue weighted by atomic mass is 10.1. The third-order valence-electron chi connectivity index (χ3n) is 3.47. The Bertz CT molecular complexity index is 337. The fourth-order valence-electron chi connectivity index (χ4n) is 2.16. The minimum absolute atomic E-state index is 0.397. The van der Waals surface area contributed by atoms with Crippen molar-refractivity contribution in [1.29, 1.82) is 0 Å². The number of thiazole rings is 1. The minimum atomic E-state index is 0.397. The standard InChI is InChI=1S/C12H21N3S/c1-3-15-5-4-10(7-15)12-14-11(8-16-12)9(2)6-13/h8-10H,3-7,13H2,1-2H3. The zero-order chi connectivity index (χ0) is 11.5. The van der Waals surface area contributed by atoms with Gasteiger partial charge in [-0.05, 0) is 19.5 Å². The van der Waals surface area contributed by atoms with Crippen LogP contribution in [0.5, 0.6) is 0 Å². The highest BCUT2D eigenvalue weighted by atomic mass is 32.1. The van der Waals surface area contributed by atoms with Gasteiger partial charge in [0.2, 0.25) is 0 Å². The number of aromatic nitrogens is 1. The molecule has 0 radical (unpaired) electrons. The number of nitrogens with zero attached hydrogens (tertiary/aromatic N) is 2. The van der Waals surface area contributed by atoms with E-state index in [-0.39, 0.29) is 0 Å². The van der Waals surface area contributed by atoms with Gasteiger partial charge in [0.25, 0.3) is 0 Å². The van der Waals surface area contributed by atoms with Crippen LogP contribution >= 0.6 is 11.3 Å².